The molecule has 156 valence electrons. The molecule has 0 spiro atoms. The van der Waals surface area contributed by atoms with E-state index >= 15 is 0 Å². The van der Waals surface area contributed by atoms with Crippen LogP contribution in [0.3, 0.4) is 0 Å². The van der Waals surface area contributed by atoms with Gasteiger partial charge in [-0.2, -0.15) is 0 Å². The molecule has 10 N–H and O–H groups in total. The van der Waals surface area contributed by atoms with E-state index in [4.69, 9.17) is 40.9 Å². The molecule has 4 unspecified atom stereocenters. The Kier molecular flexibility index (Phi) is 13.7. The molecule has 0 amide bonds. The van der Waals surface area contributed by atoms with Gasteiger partial charge in [0.1, 0.15) is 11.8 Å². The SMILES string of the molecule is O.O=C(O)CC(C(=O)O)C(O)C(=O)O.O=C(O)CC(C(=O)O)C(O)C(=O)O. The summed E-state index contributed by atoms with van der Waals surface area (Å²) < 4.78 is 0. The summed E-state index contributed by atoms with van der Waals surface area (Å²) in [7, 11) is 0. The molecule has 0 aliphatic heterocycles. The molecule has 0 aliphatic rings. The molecular formula is C12H18O15. The molecule has 0 bridgehead atoms. The second kappa shape index (κ2) is 13.0. The van der Waals surface area contributed by atoms with E-state index in [1.807, 2.05) is 0 Å². The number of carboxylic acids is 6. The Morgan fingerprint density at radius 1 is 0.519 bits per heavy atom. The first-order valence-corrected chi connectivity index (χ1v) is 6.43. The fourth-order valence-electron chi connectivity index (χ4n) is 1.39. The molecule has 0 saturated heterocycles. The molecule has 15 heteroatoms. The van der Waals surface area contributed by atoms with Crippen molar-refractivity contribution in [1.29, 1.82) is 0 Å². The van der Waals surface area contributed by atoms with Crippen LogP contribution >= 0.6 is 0 Å². The van der Waals surface area contributed by atoms with Gasteiger partial charge in [-0.05, 0) is 0 Å². The van der Waals surface area contributed by atoms with Crippen molar-refractivity contribution in [3.05, 3.63) is 0 Å². The summed E-state index contributed by atoms with van der Waals surface area (Å²) in [6.07, 6.45) is -6.26. The van der Waals surface area contributed by atoms with Gasteiger partial charge in [-0.1, -0.05) is 0 Å². The molecule has 0 heterocycles. The van der Waals surface area contributed by atoms with Crippen LogP contribution < -0.4 is 0 Å². The number of aliphatic hydroxyl groups excluding tert-OH is 2. The number of aliphatic carboxylic acids is 6. The highest BCUT2D eigenvalue weighted by Gasteiger charge is 2.34. The Balaban J connectivity index is -0.000000411. The quantitative estimate of drug-likeness (QED) is 0.175. The number of carboxylic acid groups (broad SMARTS) is 6. The molecule has 4 atom stereocenters. The Labute approximate surface area is 149 Å². The zero-order valence-corrected chi connectivity index (χ0v) is 13.3. The molecule has 0 radical (unpaired) electrons. The standard InChI is InChI=1S/2C6H8O7.H2O/c2*7-3(8)1-2(5(10)11)4(9)6(12)13;/h2*2,4,9H,1H2,(H,7,8)(H,10,11)(H,12,13);1H2. The maximum Gasteiger partial charge on any atom is 0.333 e. The van der Waals surface area contributed by atoms with E-state index in [2.05, 4.69) is 0 Å². The lowest BCUT2D eigenvalue weighted by Gasteiger charge is -2.12. The lowest BCUT2D eigenvalue weighted by molar-refractivity contribution is -0.162. The first-order chi connectivity index (χ1) is 11.7. The van der Waals surface area contributed by atoms with Crippen molar-refractivity contribution < 1.29 is 75.1 Å². The van der Waals surface area contributed by atoms with Gasteiger partial charge in [-0.15, -0.1) is 0 Å². The number of carbonyl (C=O) groups is 6. The van der Waals surface area contributed by atoms with Gasteiger partial charge in [0, 0.05) is 0 Å². The van der Waals surface area contributed by atoms with Crippen LogP contribution in [0.1, 0.15) is 12.8 Å². The molecule has 0 saturated carbocycles. The lowest BCUT2D eigenvalue weighted by atomic mass is 9.99. The highest BCUT2D eigenvalue weighted by molar-refractivity contribution is 5.85. The molecule has 15 nitrogen and oxygen atoms in total. The monoisotopic (exact) mass is 402 g/mol. The molecule has 27 heavy (non-hydrogen) atoms. The number of hydrogen-bond acceptors (Lipinski definition) is 8. The van der Waals surface area contributed by atoms with Crippen LogP contribution in [-0.4, -0.2) is 94.4 Å². The van der Waals surface area contributed by atoms with Crippen molar-refractivity contribution in [3.8, 4) is 0 Å². The van der Waals surface area contributed by atoms with E-state index in [-0.39, 0.29) is 5.48 Å². The largest absolute Gasteiger partial charge is 0.481 e. The molecule has 0 aliphatic carbocycles. The Bertz CT molecular complexity index is 517. The van der Waals surface area contributed by atoms with Crippen LogP contribution in [0.25, 0.3) is 0 Å². The fourth-order valence-corrected chi connectivity index (χ4v) is 1.39. The topological polar surface area (TPSA) is 296 Å². The van der Waals surface area contributed by atoms with E-state index in [0.29, 0.717) is 0 Å². The number of aliphatic hydroxyl groups is 2. The Hall–Kier alpha value is -3.30. The molecule has 0 aromatic heterocycles. The van der Waals surface area contributed by atoms with Crippen molar-refractivity contribution >= 4 is 35.8 Å². The molecule has 0 aromatic rings. The van der Waals surface area contributed by atoms with Crippen LogP contribution in [-0.2, 0) is 28.8 Å². The van der Waals surface area contributed by atoms with Gasteiger partial charge in [0.05, 0.1) is 12.8 Å². The van der Waals surface area contributed by atoms with E-state index in [1.165, 1.54) is 0 Å². The van der Waals surface area contributed by atoms with Gasteiger partial charge in [0.15, 0.2) is 12.2 Å². The first-order valence-electron chi connectivity index (χ1n) is 6.43. The van der Waals surface area contributed by atoms with Crippen molar-refractivity contribution in [2.24, 2.45) is 11.8 Å². The molecule has 0 aromatic carbocycles. The predicted molar refractivity (Wildman–Crippen MR) is 77.7 cm³/mol. The minimum atomic E-state index is -2.20. The van der Waals surface area contributed by atoms with Crippen molar-refractivity contribution in [1.82, 2.24) is 0 Å². The normalized spacial score (nSPS) is 14.0. The van der Waals surface area contributed by atoms with Gasteiger partial charge < -0.3 is 46.3 Å². The van der Waals surface area contributed by atoms with Gasteiger partial charge in [-0.25, -0.2) is 9.59 Å². The highest BCUT2D eigenvalue weighted by atomic mass is 16.4. The minimum absolute atomic E-state index is 0. The van der Waals surface area contributed by atoms with Crippen LogP contribution in [0, 0.1) is 11.8 Å². The molecule has 0 rings (SSSR count). The minimum Gasteiger partial charge on any atom is -0.481 e. The van der Waals surface area contributed by atoms with E-state index < -0.39 is 72.7 Å². The smallest absolute Gasteiger partial charge is 0.333 e. The summed E-state index contributed by atoms with van der Waals surface area (Å²) in [5.74, 6) is -13.4. The highest BCUT2D eigenvalue weighted by Crippen LogP contribution is 2.10. The maximum absolute atomic E-state index is 10.3. The zero-order valence-electron chi connectivity index (χ0n) is 13.3. The Morgan fingerprint density at radius 3 is 0.852 bits per heavy atom. The second-order valence-corrected chi connectivity index (χ2v) is 4.65. The van der Waals surface area contributed by atoms with Crippen LogP contribution in [0.2, 0.25) is 0 Å². The second-order valence-electron chi connectivity index (χ2n) is 4.65. The summed E-state index contributed by atoms with van der Waals surface area (Å²) in [4.78, 5) is 61.0. The number of rotatable bonds is 10. The summed E-state index contributed by atoms with van der Waals surface area (Å²) in [6.45, 7) is 0. The lowest BCUT2D eigenvalue weighted by Crippen LogP contribution is -2.36. The predicted octanol–water partition coefficient (Wildman–Crippen LogP) is -3.61. The third kappa shape index (κ3) is 11.8. The van der Waals surface area contributed by atoms with Gasteiger partial charge in [-0.3, -0.25) is 19.2 Å². The summed E-state index contributed by atoms with van der Waals surface area (Å²) in [6, 6.07) is 0. The van der Waals surface area contributed by atoms with Gasteiger partial charge in [0.25, 0.3) is 0 Å². The van der Waals surface area contributed by atoms with Crippen LogP contribution in [0.5, 0.6) is 0 Å². The van der Waals surface area contributed by atoms with Crippen molar-refractivity contribution in [2.45, 2.75) is 25.0 Å². The van der Waals surface area contributed by atoms with Crippen molar-refractivity contribution in [2.75, 3.05) is 0 Å². The van der Waals surface area contributed by atoms with Crippen LogP contribution in [0.15, 0.2) is 0 Å². The third-order valence-corrected chi connectivity index (χ3v) is 2.69. The summed E-state index contributed by atoms with van der Waals surface area (Å²) >= 11 is 0. The van der Waals surface area contributed by atoms with Crippen molar-refractivity contribution in [3.63, 3.8) is 0 Å². The van der Waals surface area contributed by atoms with E-state index in [1.54, 1.807) is 0 Å². The summed E-state index contributed by atoms with van der Waals surface area (Å²) in [5.41, 5.74) is 0. The van der Waals surface area contributed by atoms with Gasteiger partial charge in [0.2, 0.25) is 0 Å². The fraction of sp³-hybridized carbons (Fsp3) is 0.500. The molecular weight excluding hydrogens is 384 g/mol. The van der Waals surface area contributed by atoms with Crippen LogP contribution in [0.4, 0.5) is 0 Å². The zero-order chi connectivity index (χ0) is 21.2. The maximum atomic E-state index is 10.3. The average molecular weight is 402 g/mol. The van der Waals surface area contributed by atoms with E-state index in [9.17, 15) is 28.8 Å². The molecule has 0 fully saturated rings. The average Bonchev–Trinajstić information content (AvgIpc) is 2.48. The third-order valence-electron chi connectivity index (χ3n) is 2.69. The van der Waals surface area contributed by atoms with Gasteiger partial charge >= 0.3 is 35.8 Å². The first kappa shape index (κ1) is 28.5. The number of hydrogen-bond donors (Lipinski definition) is 8. The summed E-state index contributed by atoms with van der Waals surface area (Å²) in [5, 5.41) is 67.0. The van der Waals surface area contributed by atoms with E-state index in [0.717, 1.165) is 0 Å². The Morgan fingerprint density at radius 2 is 0.741 bits per heavy atom.